The van der Waals surface area contributed by atoms with Crippen LogP contribution in [0.1, 0.15) is 187 Å². The van der Waals surface area contributed by atoms with E-state index in [1.807, 2.05) is 19.2 Å². The number of hydrogen-bond acceptors (Lipinski definition) is 9. The summed E-state index contributed by atoms with van der Waals surface area (Å²) in [5, 5.41) is 60.9. The maximum absolute atomic E-state index is 16.1. The first kappa shape index (κ1) is 55.9. The van der Waals surface area contributed by atoms with E-state index in [4.69, 9.17) is 9.47 Å². The SMILES string of the molecule is CNC1Cc2c(cccc2CO)C#CC2(CCCC2)CC23CCC4C(O)(CC5CC6CCC7C8OC(Cc9cccc(c9)CC9CCC(C9)C6C)CC6CC9CC(c%10ccccc%10)CCC9C68CC4(C=O)C57O)C2(O)CC2CC1C1OC(=O)C=C1C23. The summed E-state index contributed by atoms with van der Waals surface area (Å²) in [4.78, 5) is 30.3. The van der Waals surface area contributed by atoms with Gasteiger partial charge in [-0.3, -0.25) is 0 Å². The highest BCUT2D eigenvalue weighted by molar-refractivity contribution is 5.86. The Bertz CT molecular complexity index is 3300. The number of esters is 1. The lowest BCUT2D eigenvalue weighted by atomic mass is 9.32. The van der Waals surface area contributed by atoms with Gasteiger partial charge < -0.3 is 40.0 Å². The van der Waals surface area contributed by atoms with Gasteiger partial charge in [0.2, 0.25) is 0 Å². The molecule has 3 aromatic rings. The van der Waals surface area contributed by atoms with Crippen LogP contribution >= 0.6 is 0 Å². The third-order valence-corrected chi connectivity index (χ3v) is 29.7. The minimum Gasteiger partial charge on any atom is -0.454 e. The van der Waals surface area contributed by atoms with Crippen LogP contribution in [0.15, 0.2) is 84.4 Å². The van der Waals surface area contributed by atoms with Gasteiger partial charge in [-0.25, -0.2) is 4.79 Å². The van der Waals surface area contributed by atoms with Crippen LogP contribution in [0.4, 0.5) is 0 Å². The molecule has 9 heteroatoms. The minimum absolute atomic E-state index is 0.00296. The van der Waals surface area contributed by atoms with Crippen molar-refractivity contribution in [1.82, 2.24) is 5.32 Å². The molecular formula is C77H95NO8. The number of fused-ring (bicyclic) bond motifs is 12. The Morgan fingerprint density at radius 2 is 1.52 bits per heavy atom. The predicted molar refractivity (Wildman–Crippen MR) is 329 cm³/mol. The van der Waals surface area contributed by atoms with Crippen LogP contribution in [0.2, 0.25) is 0 Å². The summed E-state index contributed by atoms with van der Waals surface area (Å²) < 4.78 is 14.7. The molecule has 86 heavy (non-hydrogen) atoms. The molecule has 3 aliphatic heterocycles. The van der Waals surface area contributed by atoms with Gasteiger partial charge in [0.15, 0.2) is 0 Å². The van der Waals surface area contributed by atoms with Crippen molar-refractivity contribution >= 4 is 12.3 Å². The highest BCUT2D eigenvalue weighted by Gasteiger charge is 2.86. The smallest absolute Gasteiger partial charge is 0.331 e. The molecule has 0 radical (unpaired) electrons. The molecule has 12 aliphatic carbocycles. The van der Waals surface area contributed by atoms with Crippen molar-refractivity contribution in [2.45, 2.75) is 221 Å². The van der Waals surface area contributed by atoms with Gasteiger partial charge in [-0.2, -0.15) is 0 Å². The van der Waals surface area contributed by atoms with E-state index in [2.05, 4.69) is 84.7 Å². The third-order valence-electron chi connectivity index (χ3n) is 29.7. The molecule has 18 rings (SSSR count). The van der Waals surface area contributed by atoms with E-state index in [9.17, 15) is 9.90 Å². The number of ether oxygens (including phenoxy) is 2. The van der Waals surface area contributed by atoms with Gasteiger partial charge in [-0.15, -0.1) is 0 Å². The van der Waals surface area contributed by atoms with Crippen LogP contribution in [0.25, 0.3) is 0 Å². The van der Waals surface area contributed by atoms with E-state index >= 15 is 20.1 Å². The molecular weight excluding hydrogens is 1070 g/mol. The summed E-state index contributed by atoms with van der Waals surface area (Å²) in [7, 11) is 2.00. The van der Waals surface area contributed by atoms with Crippen LogP contribution < -0.4 is 5.32 Å². The second kappa shape index (κ2) is 19.9. The maximum atomic E-state index is 16.1. The molecule has 3 heterocycles. The fraction of sp³-hybridized carbons (Fsp3) is 0.688. The van der Waals surface area contributed by atoms with Gasteiger partial charge in [0.1, 0.15) is 18.0 Å². The number of carbonyl (C=O) groups excluding carboxylic acids is 2. The fourth-order valence-corrected chi connectivity index (χ4v) is 26.7. The van der Waals surface area contributed by atoms with Crippen molar-refractivity contribution in [3.8, 4) is 11.8 Å². The Hall–Kier alpha value is -4.14. The maximum Gasteiger partial charge on any atom is 0.331 e. The van der Waals surface area contributed by atoms with E-state index < -0.39 is 51.0 Å². The quantitative estimate of drug-likeness (QED) is 0.0979. The van der Waals surface area contributed by atoms with Gasteiger partial charge in [0, 0.05) is 51.7 Å². The molecule has 11 fully saturated rings. The first-order valence-electron chi connectivity index (χ1n) is 34.9. The second-order valence-corrected chi connectivity index (χ2v) is 32.5. The molecule has 9 nitrogen and oxygen atoms in total. The molecule has 24 atom stereocenters. The van der Waals surface area contributed by atoms with Crippen LogP contribution in [-0.4, -0.2) is 80.9 Å². The summed E-state index contributed by atoms with van der Waals surface area (Å²) in [6.45, 7) is 2.43. The van der Waals surface area contributed by atoms with E-state index in [0.29, 0.717) is 86.4 Å². The Morgan fingerprint density at radius 3 is 2.34 bits per heavy atom. The zero-order valence-electron chi connectivity index (χ0n) is 51.3. The third kappa shape index (κ3) is 7.59. The van der Waals surface area contributed by atoms with E-state index in [-0.39, 0.29) is 72.3 Å². The lowest BCUT2D eigenvalue weighted by Crippen LogP contribution is -2.83. The van der Waals surface area contributed by atoms with Crippen molar-refractivity contribution in [2.75, 3.05) is 7.05 Å². The van der Waals surface area contributed by atoms with Gasteiger partial charge >= 0.3 is 5.97 Å². The summed E-state index contributed by atoms with van der Waals surface area (Å²) in [5.74, 6) is 8.99. The average molecular weight is 1160 g/mol. The molecule has 1 saturated heterocycles. The number of benzene rings is 3. The van der Waals surface area contributed by atoms with Gasteiger partial charge in [-0.1, -0.05) is 98.3 Å². The minimum atomic E-state index is -1.74. The number of rotatable bonds is 4. The van der Waals surface area contributed by atoms with Gasteiger partial charge in [0.05, 0.1) is 35.4 Å². The number of carbonyl (C=O) groups is 2. The van der Waals surface area contributed by atoms with Crippen LogP contribution in [0.5, 0.6) is 0 Å². The molecule has 5 N–H and O–H groups in total. The molecule has 456 valence electrons. The van der Waals surface area contributed by atoms with E-state index in [1.165, 1.54) is 42.2 Å². The summed E-state index contributed by atoms with van der Waals surface area (Å²) in [6.07, 6.45) is 23.6. The van der Waals surface area contributed by atoms with Crippen molar-refractivity contribution in [3.63, 3.8) is 0 Å². The Balaban J connectivity index is 0.858. The number of aliphatic hydroxyl groups is 4. The summed E-state index contributed by atoms with van der Waals surface area (Å²) >= 11 is 0. The molecule has 3 spiro atoms. The molecule has 12 bridgehead atoms. The van der Waals surface area contributed by atoms with Gasteiger partial charge in [0.25, 0.3) is 0 Å². The van der Waals surface area contributed by atoms with Crippen LogP contribution in [-0.2, 0) is 44.9 Å². The van der Waals surface area contributed by atoms with E-state index in [1.54, 1.807) is 6.08 Å². The molecule has 3 aromatic carbocycles. The van der Waals surface area contributed by atoms with Crippen molar-refractivity contribution < 1.29 is 39.5 Å². The summed E-state index contributed by atoms with van der Waals surface area (Å²) in [6, 6.07) is 26.7. The molecule has 24 unspecified atom stereocenters. The summed E-state index contributed by atoms with van der Waals surface area (Å²) in [5.41, 5.74) is 0.0417. The lowest BCUT2D eigenvalue weighted by molar-refractivity contribution is -0.371. The highest BCUT2D eigenvalue weighted by atomic mass is 16.5. The zero-order chi connectivity index (χ0) is 58.3. The number of nitrogens with one attached hydrogen (secondary N) is 1. The van der Waals surface area contributed by atoms with Crippen molar-refractivity contribution in [2.24, 2.45) is 98.6 Å². The van der Waals surface area contributed by atoms with Crippen LogP contribution in [0, 0.1) is 110 Å². The lowest BCUT2D eigenvalue weighted by Gasteiger charge is -2.75. The average Bonchev–Trinajstić information content (AvgIpc) is 1.21. The highest BCUT2D eigenvalue weighted by Crippen LogP contribution is 2.82. The molecule has 15 aliphatic rings. The zero-order valence-corrected chi connectivity index (χ0v) is 51.3. The number of aliphatic hydroxyl groups excluding tert-OH is 1. The van der Waals surface area contributed by atoms with Crippen molar-refractivity contribution in [3.05, 3.63) is 118 Å². The number of aldehydes is 1. The Kier molecular flexibility index (Phi) is 13.0. The Morgan fingerprint density at radius 1 is 0.744 bits per heavy atom. The monoisotopic (exact) mass is 1160 g/mol. The molecule has 10 saturated carbocycles. The standard InChI is InChI=1S/C77H95NO8/c1-45-51-17-16-48(30-51)29-46-10-8-11-47(28-46)31-59-36-57-34-55-32-53(49-12-4-3-5-13-49)19-20-63(55)74(57)43-73(44-80)66-23-27-72-42-71(24-6-7-25-71)26-22-50-14-9-15-54(41-79)60(50)37-65(78-2)61-35-56(68(72)62-38-67(81)86-69(61)62)39-76(72,83)75(66,82)40-58-33-52(45)18-21-64(70(74)85-59)77(58,73)84/h3-5,8-15,28,38,44-45,48,51-53,55-59,61,63-66,68-70,78-79,82-84H,6-7,16-21,23-25,27,29-37,39-43H2,1-2H3. The molecule has 0 amide bonds. The van der Waals surface area contributed by atoms with Crippen LogP contribution in [0.3, 0.4) is 0 Å². The predicted octanol–water partition coefficient (Wildman–Crippen LogP) is 12.0. The Labute approximate surface area is 511 Å². The first-order chi connectivity index (χ1) is 41.7. The second-order valence-electron chi connectivity index (χ2n) is 32.5. The van der Waals surface area contributed by atoms with E-state index in [0.717, 1.165) is 112 Å². The first-order valence-corrected chi connectivity index (χ1v) is 34.9. The normalized spacial score (nSPS) is 48.8. The largest absolute Gasteiger partial charge is 0.454 e. The number of likely N-dealkylation sites (N-methyl/N-ethyl adjacent to an activating group) is 1. The number of hydrogen-bond donors (Lipinski definition) is 5. The fourth-order valence-electron chi connectivity index (χ4n) is 26.7. The van der Waals surface area contributed by atoms with Crippen molar-refractivity contribution in [1.29, 1.82) is 0 Å². The molecule has 0 aromatic heterocycles. The topological polar surface area (TPSA) is 146 Å². The van der Waals surface area contributed by atoms with Gasteiger partial charge in [-0.05, 0) is 259 Å².